The Hall–Kier alpha value is -2.84. The zero-order valence-corrected chi connectivity index (χ0v) is 41.6. The zero-order valence-electron chi connectivity index (χ0n) is 37.7. The van der Waals surface area contributed by atoms with Crippen LogP contribution < -0.4 is 14.6 Å². The molecule has 0 atom stereocenters. The van der Waals surface area contributed by atoms with Gasteiger partial charge in [-0.1, -0.05) is 167 Å². The second-order valence-electron chi connectivity index (χ2n) is 16.2. The molecule has 0 saturated carbocycles. The van der Waals surface area contributed by atoms with Crippen molar-refractivity contribution >= 4 is 58.0 Å². The number of ether oxygens (including phenoxy) is 2. The molecular weight excluding hydrogens is 865 g/mol. The second kappa shape index (κ2) is 31.9. The van der Waals surface area contributed by atoms with E-state index in [2.05, 4.69) is 13.8 Å². The smallest absolute Gasteiger partial charge is 0.872 e. The van der Waals surface area contributed by atoms with E-state index >= 15 is 0 Å². The Balaban J connectivity index is 0.000000427. The summed E-state index contributed by atoms with van der Waals surface area (Å²) in [6.45, 7) is 4.46. The van der Waals surface area contributed by atoms with Gasteiger partial charge < -0.3 is 24.2 Å². The summed E-state index contributed by atoms with van der Waals surface area (Å²) in [7, 11) is -8.94. The molecule has 2 N–H and O–H groups in total. The van der Waals surface area contributed by atoms with Crippen molar-refractivity contribution in [2.75, 3.05) is 0 Å². The Morgan fingerprint density at radius 1 is 0.460 bits per heavy atom. The Morgan fingerprint density at radius 3 is 1.14 bits per heavy atom. The Kier molecular flexibility index (Phi) is 28.5. The van der Waals surface area contributed by atoms with Crippen LogP contribution in [-0.4, -0.2) is 68.8 Å². The van der Waals surface area contributed by atoms with Gasteiger partial charge in [0.15, 0.2) is 0 Å². The fraction of sp³-hybridized carbons (Fsp3) is 0.520. The van der Waals surface area contributed by atoms with Crippen molar-refractivity contribution in [2.45, 2.75) is 178 Å². The largest absolute Gasteiger partial charge is 2.00 e. The molecule has 4 aromatic rings. The van der Waals surface area contributed by atoms with E-state index in [1.165, 1.54) is 151 Å². The average Bonchev–Trinajstić information content (AvgIpc) is 3.24. The fourth-order valence-corrected chi connectivity index (χ4v) is 8.85. The molecule has 344 valence electrons. The summed E-state index contributed by atoms with van der Waals surface area (Å²) in [6, 6.07) is 21.2. The van der Waals surface area contributed by atoms with Gasteiger partial charge in [-0.05, 0) is 91.4 Å². The van der Waals surface area contributed by atoms with E-state index in [0.717, 1.165) is 38.5 Å². The number of aromatic hydroxyl groups is 1. The van der Waals surface area contributed by atoms with E-state index in [-0.39, 0.29) is 64.8 Å². The monoisotopic (exact) mass is 934 g/mol. The van der Waals surface area contributed by atoms with Crippen LogP contribution in [0.5, 0.6) is 34.5 Å². The first-order chi connectivity index (χ1) is 29.8. The van der Waals surface area contributed by atoms with Gasteiger partial charge in [-0.25, -0.2) is 8.42 Å². The minimum atomic E-state index is -4.60. The van der Waals surface area contributed by atoms with Crippen molar-refractivity contribution < 1.29 is 45.6 Å². The maximum atomic E-state index is 11.9. The molecule has 0 saturated heterocycles. The number of unbranched alkanes of at least 4 members (excludes halogenated alkanes) is 20. The molecule has 4 rings (SSSR count). The Morgan fingerprint density at radius 2 is 0.778 bits per heavy atom. The van der Waals surface area contributed by atoms with Crippen LogP contribution in [0.4, 0.5) is 0 Å². The molecule has 0 radical (unpaired) electrons. The summed E-state index contributed by atoms with van der Waals surface area (Å²) < 4.78 is 79.9. The first-order valence-corrected chi connectivity index (χ1v) is 25.8. The topological polar surface area (TPSA) is 173 Å². The van der Waals surface area contributed by atoms with Crippen molar-refractivity contribution in [3.05, 3.63) is 96.1 Å². The van der Waals surface area contributed by atoms with Crippen molar-refractivity contribution in [1.29, 1.82) is 0 Å². The van der Waals surface area contributed by atoms with Crippen molar-refractivity contribution in [3.63, 3.8) is 0 Å². The number of aryl methyl sites for hydroxylation is 2. The van der Waals surface area contributed by atoms with Crippen molar-refractivity contribution in [3.8, 4) is 34.5 Å². The van der Waals surface area contributed by atoms with Crippen LogP contribution in [0.2, 0.25) is 0 Å². The fourth-order valence-electron chi connectivity index (χ4n) is 7.34. The molecule has 0 unspecified atom stereocenters. The predicted molar refractivity (Wildman–Crippen MR) is 251 cm³/mol. The Bertz CT molecular complexity index is 1910. The van der Waals surface area contributed by atoms with Gasteiger partial charge in [0.05, 0.1) is 4.90 Å². The number of rotatable bonds is 30. The Labute approximate surface area is 408 Å². The van der Waals surface area contributed by atoms with Crippen LogP contribution >= 0.6 is 0 Å². The first kappa shape index (κ1) is 56.3. The molecule has 0 aliphatic carbocycles. The van der Waals surface area contributed by atoms with E-state index in [1.54, 1.807) is 36.4 Å². The first-order valence-electron chi connectivity index (χ1n) is 22.9. The molecule has 0 amide bonds. The van der Waals surface area contributed by atoms with E-state index in [4.69, 9.17) is 9.47 Å². The van der Waals surface area contributed by atoms with Crippen LogP contribution in [0.25, 0.3) is 0 Å². The minimum Gasteiger partial charge on any atom is -0.872 e. The molecule has 13 heteroatoms. The summed E-state index contributed by atoms with van der Waals surface area (Å²) in [5.41, 5.74) is 1.14. The van der Waals surface area contributed by atoms with Crippen molar-refractivity contribution in [1.82, 2.24) is 0 Å². The van der Waals surface area contributed by atoms with Gasteiger partial charge in [0.1, 0.15) is 43.8 Å². The SMILES string of the molecule is CCCCCCCCCCCCCc1ccc(Oc2ccc(O)cc2)cc1S(=O)(=O)O.CCCCCCCCCCCCCc1ccc(Oc2ccc([O-])cc2)cc1S(=O)(=O)[O-].[Ca+2]. The van der Waals surface area contributed by atoms with E-state index in [9.17, 15) is 36.2 Å². The van der Waals surface area contributed by atoms with Crippen LogP contribution in [0.15, 0.2) is 94.7 Å². The van der Waals surface area contributed by atoms with E-state index in [0.29, 0.717) is 41.2 Å². The van der Waals surface area contributed by atoms with Crippen LogP contribution in [0.3, 0.4) is 0 Å². The van der Waals surface area contributed by atoms with Gasteiger partial charge in [0.2, 0.25) is 0 Å². The molecule has 0 aliphatic rings. The minimum absolute atomic E-state index is 0. The van der Waals surface area contributed by atoms with Gasteiger partial charge in [0, 0.05) is 6.07 Å². The summed E-state index contributed by atoms with van der Waals surface area (Å²) in [5.74, 6) is 1.44. The van der Waals surface area contributed by atoms with Crippen molar-refractivity contribution in [2.24, 2.45) is 0 Å². The van der Waals surface area contributed by atoms with Gasteiger partial charge >= 0.3 is 37.7 Å². The molecule has 0 bridgehead atoms. The quantitative estimate of drug-likeness (QED) is 0.0291. The molecule has 0 fully saturated rings. The predicted octanol–water partition coefficient (Wildman–Crippen LogP) is 13.2. The van der Waals surface area contributed by atoms with E-state index < -0.39 is 20.2 Å². The maximum absolute atomic E-state index is 11.9. The number of benzene rings is 4. The number of hydrogen-bond donors (Lipinski definition) is 2. The summed E-state index contributed by atoms with van der Waals surface area (Å²) in [5, 5.41) is 20.5. The maximum Gasteiger partial charge on any atom is 2.00 e. The molecule has 0 aromatic heterocycles. The average molecular weight is 935 g/mol. The number of phenolic OH excluding ortho intramolecular Hbond substituents is 1. The van der Waals surface area contributed by atoms with Crippen LogP contribution in [0, 0.1) is 0 Å². The third kappa shape index (κ3) is 24.3. The van der Waals surface area contributed by atoms with Gasteiger partial charge in [0.25, 0.3) is 10.1 Å². The van der Waals surface area contributed by atoms with E-state index in [1.807, 2.05) is 0 Å². The number of phenols is 1. The zero-order chi connectivity index (χ0) is 45.1. The third-order valence-corrected chi connectivity index (χ3v) is 12.7. The molecule has 63 heavy (non-hydrogen) atoms. The summed E-state index contributed by atoms with van der Waals surface area (Å²) in [4.78, 5) is -0.326. The second-order valence-corrected chi connectivity index (χ2v) is 18.9. The molecule has 4 aromatic carbocycles. The molecular formula is C50H70CaO10S2. The van der Waals surface area contributed by atoms with Gasteiger partial charge in [-0.2, -0.15) is 8.42 Å². The van der Waals surface area contributed by atoms with Gasteiger partial charge in [-0.15, -0.1) is 5.75 Å². The molecule has 0 spiro atoms. The molecule has 0 aliphatic heterocycles. The molecule has 0 heterocycles. The summed E-state index contributed by atoms with van der Waals surface area (Å²) >= 11 is 0. The summed E-state index contributed by atoms with van der Waals surface area (Å²) in [6.07, 6.45) is 28.1. The van der Waals surface area contributed by atoms with Crippen LogP contribution in [-0.2, 0) is 33.1 Å². The molecule has 10 nitrogen and oxygen atoms in total. The van der Waals surface area contributed by atoms with Crippen LogP contribution in [0.1, 0.15) is 166 Å². The number of hydrogen-bond acceptors (Lipinski definition) is 9. The van der Waals surface area contributed by atoms with Gasteiger partial charge in [-0.3, -0.25) is 4.55 Å². The third-order valence-electron chi connectivity index (χ3n) is 10.9. The normalized spacial score (nSPS) is 11.4. The standard InChI is InChI=1S/2C25H36O5S.Ca/c2*1-2-3-4-5-6-7-8-9-10-11-12-13-21-14-17-24(20-25(21)31(27,28)29)30-23-18-15-22(26)16-19-23;/h2*14-20,26H,2-13H2,1H3,(H,27,28,29);/q;;+2/p-2.